The fourth-order valence-corrected chi connectivity index (χ4v) is 2.67. The van der Waals surface area contributed by atoms with E-state index in [1.54, 1.807) is 24.3 Å². The molecule has 0 bridgehead atoms. The third-order valence-electron chi connectivity index (χ3n) is 2.92. The minimum Gasteiger partial charge on any atom is -0.455 e. The summed E-state index contributed by atoms with van der Waals surface area (Å²) in [6.45, 7) is 0. The summed E-state index contributed by atoms with van der Waals surface area (Å²) in [4.78, 5) is 16.3. The van der Waals surface area contributed by atoms with E-state index in [1.807, 2.05) is 12.1 Å². The quantitative estimate of drug-likeness (QED) is 0.501. The highest BCUT2D eigenvalue weighted by Crippen LogP contribution is 2.24. The molecule has 128 valence electrons. The van der Waals surface area contributed by atoms with Crippen LogP contribution in [0.25, 0.3) is 11.3 Å². The first kappa shape index (κ1) is 16.9. The van der Waals surface area contributed by atoms with E-state index in [-0.39, 0.29) is 6.42 Å². The summed E-state index contributed by atoms with van der Waals surface area (Å²) in [5.74, 6) is 0.567. The highest BCUT2D eigenvalue weighted by atomic mass is 35.5. The molecule has 0 aliphatic rings. The molecule has 0 fully saturated rings. The number of rotatable bonds is 6. The molecule has 2 heterocycles. The van der Waals surface area contributed by atoms with Crippen LogP contribution in [0.4, 0.5) is 5.13 Å². The molecule has 0 saturated heterocycles. The number of anilines is 1. The summed E-state index contributed by atoms with van der Waals surface area (Å²) >= 11 is 7.07. The van der Waals surface area contributed by atoms with Crippen LogP contribution >= 0.6 is 22.9 Å². The molecule has 0 atom stereocenters. The smallest absolute Gasteiger partial charge is 0.341 e. The van der Waals surface area contributed by atoms with Gasteiger partial charge in [-0.1, -0.05) is 35.1 Å². The number of nitrogens with zero attached hydrogens (tertiary/aromatic N) is 3. The predicted octanol–water partition coefficient (Wildman–Crippen LogP) is 2.66. The van der Waals surface area contributed by atoms with Crippen molar-refractivity contribution in [1.82, 2.24) is 15.8 Å². The number of halogens is 1. The van der Waals surface area contributed by atoms with E-state index >= 15 is 0 Å². The van der Waals surface area contributed by atoms with E-state index in [4.69, 9.17) is 26.6 Å². The van der Waals surface area contributed by atoms with Gasteiger partial charge in [0.1, 0.15) is 22.9 Å². The highest BCUT2D eigenvalue weighted by molar-refractivity contribution is 7.15. The topological polar surface area (TPSA) is 116 Å². The van der Waals surface area contributed by atoms with E-state index in [9.17, 15) is 4.79 Å². The summed E-state index contributed by atoms with van der Waals surface area (Å²) in [7, 11) is 0. The van der Waals surface area contributed by atoms with Crippen molar-refractivity contribution in [3.05, 3.63) is 52.2 Å². The first-order valence-electron chi connectivity index (χ1n) is 7.01. The van der Waals surface area contributed by atoms with E-state index < -0.39 is 5.97 Å². The number of carbonyl (C=O) groups excluding carboxylic acids is 1. The SMILES string of the molecule is Nc1nnc(CC(=O)ON/N=C\c2ccc(-c3cccc(Cl)c3)o2)s1. The second-order valence-corrected chi connectivity index (χ2v) is 6.28. The molecule has 25 heavy (non-hydrogen) atoms. The molecule has 3 N–H and O–H groups in total. The maximum atomic E-state index is 11.6. The third-order valence-corrected chi connectivity index (χ3v) is 3.91. The van der Waals surface area contributed by atoms with Gasteiger partial charge in [0.05, 0.1) is 6.21 Å². The van der Waals surface area contributed by atoms with Crippen LogP contribution in [0.3, 0.4) is 0 Å². The molecule has 3 rings (SSSR count). The minimum atomic E-state index is -0.563. The van der Waals surface area contributed by atoms with E-state index in [1.165, 1.54) is 6.21 Å². The van der Waals surface area contributed by atoms with Gasteiger partial charge in [0.15, 0.2) is 0 Å². The predicted molar refractivity (Wildman–Crippen MR) is 94.0 cm³/mol. The number of nitrogens with one attached hydrogen (secondary N) is 1. The van der Waals surface area contributed by atoms with E-state index in [0.29, 0.717) is 26.7 Å². The molecular weight excluding hydrogens is 366 g/mol. The van der Waals surface area contributed by atoms with Crippen LogP contribution in [-0.4, -0.2) is 22.4 Å². The Balaban J connectivity index is 1.50. The van der Waals surface area contributed by atoms with Crippen molar-refractivity contribution in [3.8, 4) is 11.3 Å². The molecule has 0 spiro atoms. The minimum absolute atomic E-state index is 0.0446. The first-order chi connectivity index (χ1) is 12.1. The van der Waals surface area contributed by atoms with Crippen molar-refractivity contribution in [2.45, 2.75) is 6.42 Å². The van der Waals surface area contributed by atoms with Gasteiger partial charge in [0, 0.05) is 10.6 Å². The Labute approximate surface area is 151 Å². The number of hydrogen-bond acceptors (Lipinski definition) is 9. The van der Waals surface area contributed by atoms with Gasteiger partial charge in [-0.05, 0) is 24.3 Å². The van der Waals surface area contributed by atoms with Gasteiger partial charge in [-0.25, -0.2) is 4.79 Å². The second kappa shape index (κ2) is 7.77. The molecule has 0 radical (unpaired) electrons. The van der Waals surface area contributed by atoms with Crippen LogP contribution in [0.5, 0.6) is 0 Å². The summed E-state index contributed by atoms with van der Waals surface area (Å²) in [5.41, 5.74) is 8.46. The maximum absolute atomic E-state index is 11.6. The van der Waals surface area contributed by atoms with Gasteiger partial charge in [0.25, 0.3) is 0 Å². The molecule has 3 aromatic rings. The fraction of sp³-hybridized carbons (Fsp3) is 0.0667. The Morgan fingerprint density at radius 2 is 2.28 bits per heavy atom. The summed E-state index contributed by atoms with van der Waals surface area (Å²) < 4.78 is 5.61. The Morgan fingerprint density at radius 1 is 1.40 bits per heavy atom. The molecule has 8 nitrogen and oxygen atoms in total. The van der Waals surface area contributed by atoms with E-state index in [0.717, 1.165) is 16.9 Å². The monoisotopic (exact) mass is 377 g/mol. The molecule has 0 aliphatic carbocycles. The zero-order valence-electron chi connectivity index (χ0n) is 12.7. The Hall–Kier alpha value is -2.91. The van der Waals surface area contributed by atoms with Crippen molar-refractivity contribution < 1.29 is 14.0 Å². The number of benzene rings is 1. The van der Waals surface area contributed by atoms with Crippen LogP contribution < -0.4 is 11.3 Å². The largest absolute Gasteiger partial charge is 0.455 e. The molecule has 0 unspecified atom stereocenters. The van der Waals surface area contributed by atoms with Gasteiger partial charge in [-0.15, -0.1) is 20.9 Å². The van der Waals surface area contributed by atoms with Crippen LogP contribution in [0, 0.1) is 0 Å². The lowest BCUT2D eigenvalue weighted by Gasteiger charge is -1.99. The van der Waals surface area contributed by atoms with Crippen LogP contribution in [0.15, 0.2) is 45.9 Å². The van der Waals surface area contributed by atoms with Crippen LogP contribution in [-0.2, 0) is 16.1 Å². The van der Waals surface area contributed by atoms with Gasteiger partial charge in [-0.2, -0.15) is 0 Å². The number of nitrogens with two attached hydrogens (primary N) is 1. The summed E-state index contributed by atoms with van der Waals surface area (Å²) in [6, 6.07) is 10.8. The highest BCUT2D eigenvalue weighted by Gasteiger charge is 2.09. The van der Waals surface area contributed by atoms with Gasteiger partial charge in [-0.3, -0.25) is 0 Å². The molecule has 0 amide bonds. The molecular formula is C15H12ClN5O3S. The number of carbonyl (C=O) groups is 1. The van der Waals surface area contributed by atoms with Gasteiger partial charge in [0.2, 0.25) is 5.13 Å². The van der Waals surface area contributed by atoms with Crippen molar-refractivity contribution >= 4 is 40.3 Å². The van der Waals surface area contributed by atoms with Gasteiger partial charge < -0.3 is 15.0 Å². The molecule has 1 aromatic carbocycles. The average Bonchev–Trinajstić information content (AvgIpc) is 3.21. The lowest BCUT2D eigenvalue weighted by molar-refractivity contribution is -0.150. The Kier molecular flexibility index (Phi) is 5.26. The van der Waals surface area contributed by atoms with Crippen LogP contribution in [0.2, 0.25) is 5.02 Å². The number of hydrazone groups is 1. The maximum Gasteiger partial charge on any atom is 0.341 e. The lowest BCUT2D eigenvalue weighted by Crippen LogP contribution is -2.16. The Bertz CT molecular complexity index is 908. The summed E-state index contributed by atoms with van der Waals surface area (Å²) in [6.07, 6.45) is 1.33. The zero-order chi connectivity index (χ0) is 17.6. The normalized spacial score (nSPS) is 10.9. The lowest BCUT2D eigenvalue weighted by atomic mass is 10.2. The first-order valence-corrected chi connectivity index (χ1v) is 8.21. The second-order valence-electron chi connectivity index (χ2n) is 4.75. The molecule has 2 aromatic heterocycles. The zero-order valence-corrected chi connectivity index (χ0v) is 14.3. The van der Waals surface area contributed by atoms with Gasteiger partial charge >= 0.3 is 5.97 Å². The molecule has 10 heteroatoms. The standard InChI is InChI=1S/C15H12ClN5O3S/c16-10-3-1-2-9(6-10)12-5-4-11(23-12)8-18-21-24-14(22)7-13-19-20-15(17)25-13/h1-6,8,21H,7H2,(H2,17,20)/b18-8-. The fourth-order valence-electron chi connectivity index (χ4n) is 1.88. The van der Waals surface area contributed by atoms with Crippen molar-refractivity contribution in [2.75, 3.05) is 5.73 Å². The van der Waals surface area contributed by atoms with Crippen molar-refractivity contribution in [1.29, 1.82) is 0 Å². The number of furan rings is 1. The van der Waals surface area contributed by atoms with Crippen LogP contribution in [0.1, 0.15) is 10.8 Å². The average molecular weight is 378 g/mol. The third kappa shape index (κ3) is 4.78. The molecule has 0 saturated carbocycles. The number of hydrogen-bond donors (Lipinski definition) is 2. The van der Waals surface area contributed by atoms with Crippen molar-refractivity contribution in [3.63, 3.8) is 0 Å². The molecule has 0 aliphatic heterocycles. The number of nitrogen functional groups attached to an aromatic ring is 1. The van der Waals surface area contributed by atoms with Crippen molar-refractivity contribution in [2.24, 2.45) is 5.10 Å². The Morgan fingerprint density at radius 3 is 3.04 bits per heavy atom. The van der Waals surface area contributed by atoms with E-state index in [2.05, 4.69) is 20.9 Å². The summed E-state index contributed by atoms with van der Waals surface area (Å²) in [5, 5.41) is 12.5. The number of aromatic nitrogens is 2.